The van der Waals surface area contributed by atoms with Crippen LogP contribution in [0.15, 0.2) is 42.5 Å². The fourth-order valence-corrected chi connectivity index (χ4v) is 1.75. The van der Waals surface area contributed by atoms with Crippen LogP contribution < -0.4 is 5.73 Å². The smallest absolute Gasteiger partial charge is 0.399 e. The zero-order valence-corrected chi connectivity index (χ0v) is 11.0. The summed E-state index contributed by atoms with van der Waals surface area (Å²) < 4.78 is 38.9. The standard InChI is InChI=1S/C15H9F3N2O2/c16-15(17,18)14-9-13(20(21)22)7-6-11(14)5-4-10-2-1-3-12(19)8-10/h1-3,6-9H,19H2. The summed E-state index contributed by atoms with van der Waals surface area (Å²) in [5, 5.41) is 10.6. The fraction of sp³-hybridized carbons (Fsp3) is 0.0667. The van der Waals surface area contributed by atoms with Gasteiger partial charge in [0.2, 0.25) is 0 Å². The summed E-state index contributed by atoms with van der Waals surface area (Å²) in [6.07, 6.45) is -4.73. The molecule has 112 valence electrons. The quantitative estimate of drug-likeness (QED) is 0.379. The molecular weight excluding hydrogens is 297 g/mol. The Balaban J connectivity index is 2.50. The number of benzene rings is 2. The van der Waals surface area contributed by atoms with E-state index < -0.39 is 22.4 Å². The van der Waals surface area contributed by atoms with Crippen LogP contribution in [0.5, 0.6) is 0 Å². The molecule has 2 aromatic carbocycles. The van der Waals surface area contributed by atoms with Crippen molar-refractivity contribution in [2.24, 2.45) is 0 Å². The highest BCUT2D eigenvalue weighted by atomic mass is 19.4. The summed E-state index contributed by atoms with van der Waals surface area (Å²) in [5.41, 5.74) is 4.33. The van der Waals surface area contributed by atoms with Crippen LogP contribution in [0, 0.1) is 22.0 Å². The van der Waals surface area contributed by atoms with E-state index in [1.165, 1.54) is 6.07 Å². The van der Waals surface area contributed by atoms with E-state index in [0.717, 1.165) is 12.1 Å². The molecule has 0 bridgehead atoms. The van der Waals surface area contributed by atoms with E-state index in [-0.39, 0.29) is 5.56 Å². The van der Waals surface area contributed by atoms with Crippen molar-refractivity contribution in [2.45, 2.75) is 6.18 Å². The van der Waals surface area contributed by atoms with Crippen molar-refractivity contribution in [1.82, 2.24) is 0 Å². The minimum atomic E-state index is -4.73. The van der Waals surface area contributed by atoms with E-state index >= 15 is 0 Å². The van der Waals surface area contributed by atoms with Crippen molar-refractivity contribution < 1.29 is 18.1 Å². The Morgan fingerprint density at radius 3 is 2.41 bits per heavy atom. The third kappa shape index (κ3) is 3.55. The predicted molar refractivity (Wildman–Crippen MR) is 74.9 cm³/mol. The van der Waals surface area contributed by atoms with Crippen molar-refractivity contribution in [2.75, 3.05) is 5.73 Å². The number of halogens is 3. The lowest BCUT2D eigenvalue weighted by molar-refractivity contribution is -0.385. The molecule has 2 rings (SSSR count). The molecule has 0 aromatic heterocycles. The molecule has 7 heteroatoms. The summed E-state index contributed by atoms with van der Waals surface area (Å²) in [6, 6.07) is 8.81. The molecule has 0 fully saturated rings. The van der Waals surface area contributed by atoms with Crippen molar-refractivity contribution >= 4 is 11.4 Å². The molecule has 0 saturated carbocycles. The third-order valence-electron chi connectivity index (χ3n) is 2.75. The molecule has 0 aliphatic heterocycles. The monoisotopic (exact) mass is 306 g/mol. The van der Waals surface area contributed by atoms with E-state index in [0.29, 0.717) is 17.3 Å². The molecule has 0 heterocycles. The average molecular weight is 306 g/mol. The molecule has 22 heavy (non-hydrogen) atoms. The second-order valence-electron chi connectivity index (χ2n) is 4.36. The molecule has 0 saturated heterocycles. The van der Waals surface area contributed by atoms with Crippen LogP contribution in [0.3, 0.4) is 0 Å². The highest BCUT2D eigenvalue weighted by Gasteiger charge is 2.34. The lowest BCUT2D eigenvalue weighted by Crippen LogP contribution is -2.08. The number of nitrogens with two attached hydrogens (primary N) is 1. The number of rotatable bonds is 1. The van der Waals surface area contributed by atoms with Crippen LogP contribution in [0.1, 0.15) is 16.7 Å². The Hall–Kier alpha value is -3.01. The Kier molecular flexibility index (Phi) is 4.04. The number of alkyl halides is 3. The molecular formula is C15H9F3N2O2. The van der Waals surface area contributed by atoms with Gasteiger partial charge in [-0.25, -0.2) is 0 Å². The first-order valence-corrected chi connectivity index (χ1v) is 6.00. The van der Waals surface area contributed by atoms with Crippen molar-refractivity contribution in [3.05, 3.63) is 69.3 Å². The molecule has 2 aromatic rings. The molecule has 0 aliphatic rings. The van der Waals surface area contributed by atoms with Crippen LogP contribution in [-0.2, 0) is 6.18 Å². The first kappa shape index (κ1) is 15.4. The largest absolute Gasteiger partial charge is 0.417 e. The van der Waals surface area contributed by atoms with Gasteiger partial charge in [-0.3, -0.25) is 10.1 Å². The van der Waals surface area contributed by atoms with Gasteiger partial charge in [0.25, 0.3) is 5.69 Å². The molecule has 0 atom stereocenters. The average Bonchev–Trinajstić information content (AvgIpc) is 2.44. The molecule has 0 radical (unpaired) electrons. The molecule has 0 amide bonds. The fourth-order valence-electron chi connectivity index (χ4n) is 1.75. The van der Waals surface area contributed by atoms with Crippen LogP contribution in [-0.4, -0.2) is 4.92 Å². The Labute approximate surface area is 123 Å². The summed E-state index contributed by atoms with van der Waals surface area (Å²) in [4.78, 5) is 9.71. The maximum absolute atomic E-state index is 13.0. The number of non-ortho nitro benzene ring substituents is 1. The molecule has 0 spiro atoms. The topological polar surface area (TPSA) is 69.2 Å². The summed E-state index contributed by atoms with van der Waals surface area (Å²) >= 11 is 0. The molecule has 0 aliphatic carbocycles. The maximum atomic E-state index is 13.0. The van der Waals surface area contributed by atoms with E-state index in [4.69, 9.17) is 5.73 Å². The second-order valence-corrected chi connectivity index (χ2v) is 4.36. The number of nitro benzene ring substituents is 1. The van der Waals surface area contributed by atoms with Crippen LogP contribution in [0.2, 0.25) is 0 Å². The summed E-state index contributed by atoms with van der Waals surface area (Å²) in [5.74, 6) is 4.94. The lowest BCUT2D eigenvalue weighted by atomic mass is 10.1. The zero-order chi connectivity index (χ0) is 16.3. The van der Waals surface area contributed by atoms with Gasteiger partial charge in [0.05, 0.1) is 10.5 Å². The number of nitrogens with zero attached hydrogens (tertiary/aromatic N) is 1. The highest BCUT2D eigenvalue weighted by molar-refractivity contribution is 5.53. The van der Waals surface area contributed by atoms with E-state index in [2.05, 4.69) is 11.8 Å². The number of hydrogen-bond donors (Lipinski definition) is 1. The van der Waals surface area contributed by atoms with Gasteiger partial charge in [-0.05, 0) is 24.3 Å². The zero-order valence-electron chi connectivity index (χ0n) is 11.0. The van der Waals surface area contributed by atoms with E-state index in [1.54, 1.807) is 18.2 Å². The minimum Gasteiger partial charge on any atom is -0.399 e. The van der Waals surface area contributed by atoms with Gasteiger partial charge in [-0.2, -0.15) is 13.2 Å². The number of anilines is 1. The van der Waals surface area contributed by atoms with Gasteiger partial charge in [0.15, 0.2) is 0 Å². The van der Waals surface area contributed by atoms with Crippen LogP contribution in [0.25, 0.3) is 0 Å². The Morgan fingerprint density at radius 2 is 1.82 bits per heavy atom. The predicted octanol–water partition coefficient (Wildman–Crippen LogP) is 3.60. The first-order valence-electron chi connectivity index (χ1n) is 6.00. The molecule has 0 unspecified atom stereocenters. The van der Waals surface area contributed by atoms with Gasteiger partial charge in [-0.1, -0.05) is 17.9 Å². The Morgan fingerprint density at radius 1 is 1.09 bits per heavy atom. The molecule has 2 N–H and O–H groups in total. The summed E-state index contributed by atoms with van der Waals surface area (Å²) in [7, 11) is 0. The molecule has 4 nitrogen and oxygen atoms in total. The van der Waals surface area contributed by atoms with Crippen molar-refractivity contribution in [3.63, 3.8) is 0 Å². The van der Waals surface area contributed by atoms with Gasteiger partial charge in [0, 0.05) is 28.9 Å². The normalized spacial score (nSPS) is 10.7. The van der Waals surface area contributed by atoms with Gasteiger partial charge >= 0.3 is 6.18 Å². The maximum Gasteiger partial charge on any atom is 0.417 e. The minimum absolute atomic E-state index is 0.333. The van der Waals surface area contributed by atoms with E-state index in [9.17, 15) is 23.3 Å². The van der Waals surface area contributed by atoms with Crippen molar-refractivity contribution in [3.8, 4) is 11.8 Å². The van der Waals surface area contributed by atoms with Crippen LogP contribution >= 0.6 is 0 Å². The van der Waals surface area contributed by atoms with Gasteiger partial charge in [-0.15, -0.1) is 0 Å². The SMILES string of the molecule is Nc1cccc(C#Cc2ccc([N+](=O)[O-])cc2C(F)(F)F)c1. The first-order chi connectivity index (χ1) is 10.3. The third-order valence-corrected chi connectivity index (χ3v) is 2.75. The van der Waals surface area contributed by atoms with Gasteiger partial charge in [0.1, 0.15) is 0 Å². The van der Waals surface area contributed by atoms with E-state index in [1.807, 2.05) is 0 Å². The lowest BCUT2D eigenvalue weighted by Gasteiger charge is -2.08. The second kappa shape index (κ2) is 5.77. The summed E-state index contributed by atoms with van der Waals surface area (Å²) in [6.45, 7) is 0. The van der Waals surface area contributed by atoms with Crippen LogP contribution in [0.4, 0.5) is 24.5 Å². The number of nitrogen functional groups attached to an aromatic ring is 1. The highest BCUT2D eigenvalue weighted by Crippen LogP contribution is 2.34. The number of hydrogen-bond acceptors (Lipinski definition) is 3. The Bertz CT molecular complexity index is 789. The van der Waals surface area contributed by atoms with Gasteiger partial charge < -0.3 is 5.73 Å². The number of nitro groups is 1. The van der Waals surface area contributed by atoms with Crippen molar-refractivity contribution in [1.29, 1.82) is 0 Å².